The molecule has 1 N–H and O–H groups in total. The van der Waals surface area contributed by atoms with Crippen LogP contribution in [-0.2, 0) is 14.8 Å². The van der Waals surface area contributed by atoms with Crippen LogP contribution < -0.4 is 4.74 Å². The van der Waals surface area contributed by atoms with E-state index in [1.807, 2.05) is 0 Å². The third-order valence-electron chi connectivity index (χ3n) is 3.67. The van der Waals surface area contributed by atoms with Crippen molar-refractivity contribution in [2.45, 2.75) is 18.2 Å². The van der Waals surface area contributed by atoms with E-state index in [-0.39, 0.29) is 18.0 Å². The predicted octanol–water partition coefficient (Wildman–Crippen LogP) is 1.94. The van der Waals surface area contributed by atoms with Crippen LogP contribution >= 0.6 is 15.9 Å². The summed E-state index contributed by atoms with van der Waals surface area (Å²) in [7, 11) is -2.28. The van der Waals surface area contributed by atoms with Crippen molar-refractivity contribution in [2.75, 3.05) is 20.2 Å². The van der Waals surface area contributed by atoms with Crippen molar-refractivity contribution in [3.63, 3.8) is 0 Å². The minimum absolute atomic E-state index is 0.0283. The number of benzene rings is 1. The summed E-state index contributed by atoms with van der Waals surface area (Å²) in [6, 6.07) is 4.56. The first-order valence-corrected chi connectivity index (χ1v) is 8.50. The van der Waals surface area contributed by atoms with Gasteiger partial charge in [-0.1, -0.05) is 15.9 Å². The number of hydrogen-bond donors (Lipinski definition) is 1. The van der Waals surface area contributed by atoms with Gasteiger partial charge >= 0.3 is 5.97 Å². The number of aliphatic carboxylic acids is 1. The summed E-state index contributed by atoms with van der Waals surface area (Å²) in [5.74, 6) is -0.560. The summed E-state index contributed by atoms with van der Waals surface area (Å²) in [4.78, 5) is 11.3. The van der Waals surface area contributed by atoms with Crippen LogP contribution in [0.25, 0.3) is 0 Å². The fourth-order valence-electron chi connectivity index (χ4n) is 2.25. The first kappa shape index (κ1) is 16.3. The molecule has 0 amide bonds. The fourth-order valence-corrected chi connectivity index (χ4v) is 4.50. The van der Waals surface area contributed by atoms with E-state index in [0.717, 1.165) is 0 Å². The van der Waals surface area contributed by atoms with Gasteiger partial charge < -0.3 is 9.84 Å². The fraction of sp³-hybridized carbons (Fsp3) is 0.462. The maximum absolute atomic E-state index is 12.6. The zero-order valence-corrected chi connectivity index (χ0v) is 14.1. The average molecular weight is 378 g/mol. The Balaban J connectivity index is 2.36. The van der Waals surface area contributed by atoms with E-state index >= 15 is 0 Å². The Morgan fingerprint density at radius 1 is 1.43 bits per heavy atom. The Bertz CT molecular complexity index is 675. The average Bonchev–Trinajstić information content (AvgIpc) is 2.83. The predicted molar refractivity (Wildman–Crippen MR) is 79.8 cm³/mol. The summed E-state index contributed by atoms with van der Waals surface area (Å²) in [6.45, 7) is 1.73. The third kappa shape index (κ3) is 3.07. The Labute approximate surface area is 131 Å². The van der Waals surface area contributed by atoms with Gasteiger partial charge in [-0.2, -0.15) is 4.31 Å². The van der Waals surface area contributed by atoms with Gasteiger partial charge in [0.15, 0.2) is 0 Å². The van der Waals surface area contributed by atoms with Crippen LogP contribution in [0.5, 0.6) is 5.75 Å². The maximum atomic E-state index is 12.6. The van der Waals surface area contributed by atoms with Crippen LogP contribution in [0.2, 0.25) is 0 Å². The van der Waals surface area contributed by atoms with Gasteiger partial charge in [0.25, 0.3) is 0 Å². The molecule has 8 heteroatoms. The smallest absolute Gasteiger partial charge is 0.310 e. The van der Waals surface area contributed by atoms with Crippen LogP contribution in [0.1, 0.15) is 13.3 Å². The molecule has 116 valence electrons. The van der Waals surface area contributed by atoms with Gasteiger partial charge in [-0.05, 0) is 25.5 Å². The molecule has 21 heavy (non-hydrogen) atoms. The number of nitrogens with zero attached hydrogens (tertiary/aromatic N) is 1. The molecule has 1 aromatic rings. The molecule has 1 heterocycles. The number of methoxy groups -OCH3 is 1. The second-order valence-electron chi connectivity index (χ2n) is 5.28. The monoisotopic (exact) mass is 377 g/mol. The molecule has 1 aliphatic rings. The van der Waals surface area contributed by atoms with E-state index in [2.05, 4.69) is 15.9 Å². The molecular formula is C13H16BrNO5S. The second-order valence-corrected chi connectivity index (χ2v) is 8.13. The van der Waals surface area contributed by atoms with Crippen LogP contribution in [0, 0.1) is 5.41 Å². The van der Waals surface area contributed by atoms with Gasteiger partial charge in [0.2, 0.25) is 10.0 Å². The van der Waals surface area contributed by atoms with Crippen LogP contribution in [-0.4, -0.2) is 44.0 Å². The highest BCUT2D eigenvalue weighted by molar-refractivity contribution is 9.10. The molecule has 1 aromatic carbocycles. The van der Waals surface area contributed by atoms with Crippen molar-refractivity contribution in [1.29, 1.82) is 0 Å². The number of halogens is 1. The van der Waals surface area contributed by atoms with Crippen LogP contribution in [0.3, 0.4) is 0 Å². The molecule has 1 unspecified atom stereocenters. The molecule has 0 saturated carbocycles. The number of rotatable bonds is 4. The quantitative estimate of drug-likeness (QED) is 0.866. The van der Waals surface area contributed by atoms with E-state index in [4.69, 9.17) is 4.74 Å². The summed E-state index contributed by atoms with van der Waals surface area (Å²) in [5.41, 5.74) is -1.04. The summed E-state index contributed by atoms with van der Waals surface area (Å²) in [6.07, 6.45) is 0.298. The Morgan fingerprint density at radius 2 is 2.10 bits per heavy atom. The number of carbonyl (C=O) groups is 1. The normalized spacial score (nSPS) is 23.2. The Morgan fingerprint density at radius 3 is 2.62 bits per heavy atom. The van der Waals surface area contributed by atoms with Crippen LogP contribution in [0.4, 0.5) is 0 Å². The first-order valence-electron chi connectivity index (χ1n) is 6.27. The molecule has 1 atom stereocenters. The SMILES string of the molecule is COc1cc(Br)cc(S(=O)(=O)N2CCC(C)(C(=O)O)C2)c1. The van der Waals surface area contributed by atoms with Gasteiger partial charge in [-0.25, -0.2) is 8.42 Å². The third-order valence-corrected chi connectivity index (χ3v) is 5.95. The van der Waals surface area contributed by atoms with Gasteiger partial charge in [-0.15, -0.1) is 0 Å². The number of ether oxygens (including phenoxy) is 1. The number of carboxylic acid groups (broad SMARTS) is 1. The lowest BCUT2D eigenvalue weighted by atomic mass is 9.90. The number of carboxylic acids is 1. The number of sulfonamides is 1. The Hall–Kier alpha value is -1.12. The van der Waals surface area contributed by atoms with E-state index in [9.17, 15) is 18.3 Å². The lowest BCUT2D eigenvalue weighted by molar-refractivity contribution is -0.146. The molecule has 1 aliphatic heterocycles. The molecule has 1 saturated heterocycles. The first-order chi connectivity index (χ1) is 9.69. The van der Waals surface area contributed by atoms with Crippen LogP contribution in [0.15, 0.2) is 27.6 Å². The minimum Gasteiger partial charge on any atom is -0.497 e. The van der Waals surface area contributed by atoms with Crippen molar-refractivity contribution < 1.29 is 23.1 Å². The molecule has 0 bridgehead atoms. The lowest BCUT2D eigenvalue weighted by Crippen LogP contribution is -2.34. The van der Waals surface area contributed by atoms with Crippen molar-refractivity contribution in [3.05, 3.63) is 22.7 Å². The van der Waals surface area contributed by atoms with Crippen molar-refractivity contribution in [2.24, 2.45) is 5.41 Å². The highest BCUT2D eigenvalue weighted by Gasteiger charge is 2.45. The standard InChI is InChI=1S/C13H16BrNO5S/c1-13(12(16)17)3-4-15(8-13)21(18,19)11-6-9(14)5-10(7-11)20-2/h5-7H,3-4,8H2,1-2H3,(H,16,17). The second kappa shape index (κ2) is 5.58. The zero-order chi connectivity index (χ0) is 15.8. The summed E-state index contributed by atoms with van der Waals surface area (Å²) < 4.78 is 32.1. The van der Waals surface area contributed by atoms with Gasteiger partial charge in [-0.3, -0.25) is 4.79 Å². The highest BCUT2D eigenvalue weighted by atomic mass is 79.9. The molecule has 0 radical (unpaired) electrons. The minimum atomic E-state index is -3.74. The molecule has 2 rings (SSSR count). The van der Waals surface area contributed by atoms with E-state index in [1.165, 1.54) is 23.5 Å². The van der Waals surface area contributed by atoms with Gasteiger partial charge in [0.1, 0.15) is 5.75 Å². The van der Waals surface area contributed by atoms with Crippen molar-refractivity contribution in [1.82, 2.24) is 4.31 Å². The van der Waals surface area contributed by atoms with Gasteiger partial charge in [0.05, 0.1) is 17.4 Å². The summed E-state index contributed by atoms with van der Waals surface area (Å²) >= 11 is 3.24. The van der Waals surface area contributed by atoms with Crippen molar-refractivity contribution in [3.8, 4) is 5.75 Å². The number of hydrogen-bond acceptors (Lipinski definition) is 4. The zero-order valence-electron chi connectivity index (χ0n) is 11.7. The molecule has 1 fully saturated rings. The summed E-state index contributed by atoms with van der Waals surface area (Å²) in [5, 5.41) is 9.20. The largest absolute Gasteiger partial charge is 0.497 e. The molecule has 0 aliphatic carbocycles. The molecule has 0 spiro atoms. The lowest BCUT2D eigenvalue weighted by Gasteiger charge is -2.20. The van der Waals surface area contributed by atoms with Crippen molar-refractivity contribution >= 4 is 31.9 Å². The maximum Gasteiger partial charge on any atom is 0.310 e. The van der Waals surface area contributed by atoms with E-state index in [0.29, 0.717) is 16.6 Å². The molecular weight excluding hydrogens is 362 g/mol. The highest BCUT2D eigenvalue weighted by Crippen LogP contribution is 2.35. The topological polar surface area (TPSA) is 83.9 Å². The molecule has 0 aromatic heterocycles. The Kier molecular flexibility index (Phi) is 4.32. The van der Waals surface area contributed by atoms with E-state index < -0.39 is 21.4 Å². The molecule has 6 nitrogen and oxygen atoms in total. The van der Waals surface area contributed by atoms with E-state index in [1.54, 1.807) is 13.0 Å². The van der Waals surface area contributed by atoms with Gasteiger partial charge in [0, 0.05) is 23.6 Å².